The Morgan fingerprint density at radius 1 is 1.24 bits per heavy atom. The van der Waals surface area contributed by atoms with Crippen LogP contribution in [-0.2, 0) is 17.6 Å². The summed E-state index contributed by atoms with van der Waals surface area (Å²) in [6.07, 6.45) is 1.79. The summed E-state index contributed by atoms with van der Waals surface area (Å²) in [5, 5.41) is 18.5. The van der Waals surface area contributed by atoms with Crippen molar-refractivity contribution >= 4 is 5.97 Å². The van der Waals surface area contributed by atoms with Crippen molar-refractivity contribution in [2.75, 3.05) is 0 Å². The van der Waals surface area contributed by atoms with Gasteiger partial charge >= 0.3 is 5.97 Å². The van der Waals surface area contributed by atoms with E-state index in [4.69, 9.17) is 5.11 Å². The van der Waals surface area contributed by atoms with Crippen molar-refractivity contribution in [3.63, 3.8) is 0 Å². The summed E-state index contributed by atoms with van der Waals surface area (Å²) in [5.41, 5.74) is 3.60. The van der Waals surface area contributed by atoms with Gasteiger partial charge in [-0.1, -0.05) is 0 Å². The Labute approximate surface area is 122 Å². The monoisotopic (exact) mass is 284 g/mol. The van der Waals surface area contributed by atoms with Crippen molar-refractivity contribution in [2.24, 2.45) is 5.92 Å². The van der Waals surface area contributed by atoms with Gasteiger partial charge in [0, 0.05) is 17.0 Å². The van der Waals surface area contributed by atoms with E-state index in [0.29, 0.717) is 25.1 Å². The number of aryl methyl sites for hydroxylation is 2. The number of rotatable bonds is 2. The maximum atomic E-state index is 11.1. The van der Waals surface area contributed by atoms with Crippen molar-refractivity contribution in [1.29, 1.82) is 0 Å². The van der Waals surface area contributed by atoms with Crippen LogP contribution in [0.4, 0.5) is 0 Å². The Hall–Kier alpha value is -2.43. The van der Waals surface area contributed by atoms with Gasteiger partial charge in [-0.25, -0.2) is 9.97 Å². The van der Waals surface area contributed by atoms with E-state index in [1.54, 1.807) is 24.3 Å². The lowest BCUT2D eigenvalue weighted by Gasteiger charge is -2.22. The van der Waals surface area contributed by atoms with Gasteiger partial charge in [0.2, 0.25) is 0 Å². The van der Waals surface area contributed by atoms with E-state index in [1.807, 2.05) is 6.92 Å². The molecule has 3 rings (SSSR count). The number of carbonyl (C=O) groups is 1. The van der Waals surface area contributed by atoms with Crippen LogP contribution in [0.5, 0.6) is 5.75 Å². The molecule has 1 aliphatic carbocycles. The normalized spacial score (nSPS) is 17.3. The molecule has 1 aromatic carbocycles. The average Bonchev–Trinajstić information content (AvgIpc) is 2.47. The molecule has 0 bridgehead atoms. The summed E-state index contributed by atoms with van der Waals surface area (Å²) >= 11 is 0. The number of fused-ring (bicyclic) bond motifs is 1. The standard InChI is InChI=1S/C16H16N2O3/c1-9-13-8-11(16(20)21)4-7-14(13)18-15(17-9)10-2-5-12(19)6-3-10/h2-3,5-6,11,19H,4,7-8H2,1H3,(H,20,21). The molecule has 21 heavy (non-hydrogen) atoms. The zero-order valence-electron chi connectivity index (χ0n) is 11.7. The quantitative estimate of drug-likeness (QED) is 0.884. The van der Waals surface area contributed by atoms with E-state index >= 15 is 0 Å². The van der Waals surface area contributed by atoms with Gasteiger partial charge in [-0.2, -0.15) is 0 Å². The fourth-order valence-corrected chi connectivity index (χ4v) is 2.74. The highest BCUT2D eigenvalue weighted by Gasteiger charge is 2.27. The summed E-state index contributed by atoms with van der Waals surface area (Å²) in [5.74, 6) is -0.250. The Morgan fingerprint density at radius 2 is 1.95 bits per heavy atom. The summed E-state index contributed by atoms with van der Waals surface area (Å²) in [6, 6.07) is 6.76. The van der Waals surface area contributed by atoms with Crippen molar-refractivity contribution in [1.82, 2.24) is 9.97 Å². The molecule has 0 amide bonds. The molecule has 1 unspecified atom stereocenters. The van der Waals surface area contributed by atoms with E-state index in [-0.39, 0.29) is 11.7 Å². The minimum atomic E-state index is -0.748. The van der Waals surface area contributed by atoms with Gasteiger partial charge in [-0.05, 0) is 56.0 Å². The van der Waals surface area contributed by atoms with E-state index in [9.17, 15) is 9.90 Å². The molecule has 2 N–H and O–H groups in total. The molecule has 5 heteroatoms. The summed E-state index contributed by atoms with van der Waals surface area (Å²) in [7, 11) is 0. The lowest BCUT2D eigenvalue weighted by atomic mass is 9.86. The molecule has 1 heterocycles. The molecule has 5 nitrogen and oxygen atoms in total. The van der Waals surface area contributed by atoms with Gasteiger partial charge in [0.25, 0.3) is 0 Å². The van der Waals surface area contributed by atoms with Crippen LogP contribution >= 0.6 is 0 Å². The highest BCUT2D eigenvalue weighted by atomic mass is 16.4. The molecule has 1 aromatic heterocycles. The fraction of sp³-hybridized carbons (Fsp3) is 0.312. The molecular formula is C16H16N2O3. The molecule has 0 saturated carbocycles. The number of phenols is 1. The number of carboxylic acid groups (broad SMARTS) is 1. The molecule has 1 atom stereocenters. The van der Waals surface area contributed by atoms with Crippen LogP contribution in [0.3, 0.4) is 0 Å². The van der Waals surface area contributed by atoms with E-state index in [0.717, 1.165) is 22.5 Å². The maximum absolute atomic E-state index is 11.1. The Kier molecular flexibility index (Phi) is 3.33. The molecule has 1 aliphatic rings. The van der Waals surface area contributed by atoms with E-state index in [2.05, 4.69) is 9.97 Å². The van der Waals surface area contributed by atoms with Crippen molar-refractivity contribution in [3.8, 4) is 17.1 Å². The highest BCUT2D eigenvalue weighted by molar-refractivity contribution is 5.71. The number of benzene rings is 1. The van der Waals surface area contributed by atoms with Crippen LogP contribution in [0.15, 0.2) is 24.3 Å². The second-order valence-corrected chi connectivity index (χ2v) is 5.38. The first-order valence-corrected chi connectivity index (χ1v) is 6.93. The highest BCUT2D eigenvalue weighted by Crippen LogP contribution is 2.28. The lowest BCUT2D eigenvalue weighted by molar-refractivity contribution is -0.142. The topological polar surface area (TPSA) is 83.3 Å². The first-order valence-electron chi connectivity index (χ1n) is 6.93. The van der Waals surface area contributed by atoms with Gasteiger partial charge < -0.3 is 10.2 Å². The second kappa shape index (κ2) is 5.16. The van der Waals surface area contributed by atoms with Crippen LogP contribution in [-0.4, -0.2) is 26.2 Å². The third-order valence-electron chi connectivity index (χ3n) is 3.95. The smallest absolute Gasteiger partial charge is 0.306 e. The Morgan fingerprint density at radius 3 is 2.62 bits per heavy atom. The molecule has 0 aliphatic heterocycles. The number of aromatic nitrogens is 2. The third-order valence-corrected chi connectivity index (χ3v) is 3.95. The second-order valence-electron chi connectivity index (χ2n) is 5.38. The van der Waals surface area contributed by atoms with Gasteiger partial charge in [0.15, 0.2) is 5.82 Å². The molecule has 0 fully saturated rings. The number of hydrogen-bond donors (Lipinski definition) is 2. The molecular weight excluding hydrogens is 268 g/mol. The molecule has 0 radical (unpaired) electrons. The molecule has 0 spiro atoms. The summed E-state index contributed by atoms with van der Waals surface area (Å²) < 4.78 is 0. The molecule has 2 aromatic rings. The summed E-state index contributed by atoms with van der Waals surface area (Å²) in [4.78, 5) is 20.2. The fourth-order valence-electron chi connectivity index (χ4n) is 2.74. The number of hydrogen-bond acceptors (Lipinski definition) is 4. The number of nitrogens with zero attached hydrogens (tertiary/aromatic N) is 2. The van der Waals surface area contributed by atoms with Gasteiger partial charge in [-0.3, -0.25) is 4.79 Å². The van der Waals surface area contributed by atoms with Crippen molar-refractivity contribution in [2.45, 2.75) is 26.2 Å². The Bertz CT molecular complexity index is 695. The SMILES string of the molecule is Cc1nc(-c2ccc(O)cc2)nc2c1CC(C(=O)O)CC2. The van der Waals surface area contributed by atoms with Crippen LogP contribution in [0.25, 0.3) is 11.4 Å². The zero-order valence-corrected chi connectivity index (χ0v) is 11.7. The van der Waals surface area contributed by atoms with Gasteiger partial charge in [0.05, 0.1) is 5.92 Å². The first kappa shape index (κ1) is 13.5. The van der Waals surface area contributed by atoms with Crippen LogP contribution in [0, 0.1) is 12.8 Å². The minimum absolute atomic E-state index is 0.206. The van der Waals surface area contributed by atoms with Crippen molar-refractivity contribution in [3.05, 3.63) is 41.2 Å². The van der Waals surface area contributed by atoms with Crippen LogP contribution in [0.2, 0.25) is 0 Å². The number of carboxylic acids is 1. The minimum Gasteiger partial charge on any atom is -0.508 e. The number of aliphatic carboxylic acids is 1. The summed E-state index contributed by atoms with van der Waals surface area (Å²) in [6.45, 7) is 1.90. The molecule has 108 valence electrons. The average molecular weight is 284 g/mol. The zero-order chi connectivity index (χ0) is 15.0. The van der Waals surface area contributed by atoms with Gasteiger partial charge in [0.1, 0.15) is 5.75 Å². The third kappa shape index (κ3) is 2.59. The van der Waals surface area contributed by atoms with Crippen molar-refractivity contribution < 1.29 is 15.0 Å². The maximum Gasteiger partial charge on any atom is 0.306 e. The van der Waals surface area contributed by atoms with Crippen LogP contribution in [0.1, 0.15) is 23.4 Å². The van der Waals surface area contributed by atoms with Gasteiger partial charge in [-0.15, -0.1) is 0 Å². The Balaban J connectivity index is 1.99. The predicted octanol–water partition coefficient (Wildman–Crippen LogP) is 2.35. The largest absolute Gasteiger partial charge is 0.508 e. The first-order chi connectivity index (χ1) is 10.0. The van der Waals surface area contributed by atoms with E-state index in [1.165, 1.54) is 0 Å². The van der Waals surface area contributed by atoms with E-state index < -0.39 is 5.97 Å². The number of aromatic hydroxyl groups is 1. The lowest BCUT2D eigenvalue weighted by Crippen LogP contribution is -2.24. The van der Waals surface area contributed by atoms with Crippen LogP contribution < -0.4 is 0 Å². The number of phenolic OH excluding ortho intramolecular Hbond substituents is 1. The predicted molar refractivity (Wildman–Crippen MR) is 77.0 cm³/mol. The molecule has 0 saturated heterocycles.